The van der Waals surface area contributed by atoms with Crippen LogP contribution < -0.4 is 10.1 Å². The summed E-state index contributed by atoms with van der Waals surface area (Å²) in [6.07, 6.45) is 0.504. The Kier molecular flexibility index (Phi) is 6.01. The van der Waals surface area contributed by atoms with Gasteiger partial charge in [-0.3, -0.25) is 4.79 Å². The van der Waals surface area contributed by atoms with Gasteiger partial charge in [-0.2, -0.15) is 0 Å². The molecule has 2 rings (SSSR count). The quantitative estimate of drug-likeness (QED) is 0.841. The number of amides is 1. The Morgan fingerprint density at radius 3 is 2.68 bits per heavy atom. The zero-order valence-corrected chi connectivity index (χ0v) is 14.4. The molecule has 0 atom stereocenters. The molecule has 1 N–H and O–H groups in total. The van der Waals surface area contributed by atoms with Crippen molar-refractivity contribution in [2.24, 2.45) is 0 Å². The summed E-state index contributed by atoms with van der Waals surface area (Å²) in [5.41, 5.74) is 2.01. The van der Waals surface area contributed by atoms with Gasteiger partial charge in [-0.1, -0.05) is 46.3 Å². The molecular weight excluding hydrogens is 342 g/mol. The van der Waals surface area contributed by atoms with Crippen LogP contribution in [0.25, 0.3) is 0 Å². The van der Waals surface area contributed by atoms with Gasteiger partial charge in [0, 0.05) is 11.0 Å². The maximum atomic E-state index is 12.0. The molecule has 0 aliphatic heterocycles. The normalized spacial score (nSPS) is 10.5. The molecule has 2 aromatic carbocycles. The van der Waals surface area contributed by atoms with Crippen LogP contribution in [0.1, 0.15) is 25.0 Å². The minimum absolute atomic E-state index is 0.00193. The fourth-order valence-corrected chi connectivity index (χ4v) is 2.50. The number of rotatable bonds is 6. The summed E-state index contributed by atoms with van der Waals surface area (Å²) in [6, 6.07) is 15.5. The molecular formula is C18H20BrNO2. The van der Waals surface area contributed by atoms with E-state index in [1.165, 1.54) is 0 Å². The summed E-state index contributed by atoms with van der Waals surface area (Å²) in [7, 11) is 0. The van der Waals surface area contributed by atoms with Crippen LogP contribution in [0, 0.1) is 0 Å². The van der Waals surface area contributed by atoms with Crippen molar-refractivity contribution in [3.63, 3.8) is 0 Å². The van der Waals surface area contributed by atoms with Gasteiger partial charge in [-0.25, -0.2) is 0 Å². The van der Waals surface area contributed by atoms with Gasteiger partial charge in [0.05, 0.1) is 12.5 Å². The number of hydrogen-bond acceptors (Lipinski definition) is 2. The van der Waals surface area contributed by atoms with Gasteiger partial charge in [0.2, 0.25) is 5.91 Å². The smallest absolute Gasteiger partial charge is 0.224 e. The molecule has 1 amide bonds. The SMILES string of the molecule is CC(C)Oc1cccc(CNC(=O)Cc2ccccc2Br)c1. The molecule has 0 aliphatic rings. The first kappa shape index (κ1) is 16.6. The predicted octanol–water partition coefficient (Wildman–Crippen LogP) is 4.10. The Hall–Kier alpha value is -1.81. The molecule has 0 aliphatic carbocycles. The number of carbonyl (C=O) groups excluding carboxylic acids is 1. The van der Waals surface area contributed by atoms with Gasteiger partial charge in [-0.15, -0.1) is 0 Å². The number of hydrogen-bond donors (Lipinski definition) is 1. The van der Waals surface area contributed by atoms with E-state index in [0.29, 0.717) is 13.0 Å². The third-order valence-electron chi connectivity index (χ3n) is 3.07. The molecule has 0 fully saturated rings. The van der Waals surface area contributed by atoms with E-state index in [0.717, 1.165) is 21.3 Å². The molecule has 0 spiro atoms. The molecule has 22 heavy (non-hydrogen) atoms. The van der Waals surface area contributed by atoms with Crippen molar-refractivity contribution in [1.82, 2.24) is 5.32 Å². The monoisotopic (exact) mass is 361 g/mol. The molecule has 0 radical (unpaired) electrons. The van der Waals surface area contributed by atoms with Crippen molar-refractivity contribution in [1.29, 1.82) is 0 Å². The molecule has 0 bridgehead atoms. The summed E-state index contributed by atoms with van der Waals surface area (Å²) in [6.45, 7) is 4.48. The van der Waals surface area contributed by atoms with Crippen molar-refractivity contribution in [3.05, 3.63) is 64.1 Å². The van der Waals surface area contributed by atoms with E-state index in [2.05, 4.69) is 21.2 Å². The van der Waals surface area contributed by atoms with E-state index < -0.39 is 0 Å². The van der Waals surface area contributed by atoms with E-state index in [4.69, 9.17) is 4.74 Å². The highest BCUT2D eigenvalue weighted by Gasteiger charge is 2.06. The minimum Gasteiger partial charge on any atom is -0.491 e. The van der Waals surface area contributed by atoms with Crippen LogP contribution in [-0.2, 0) is 17.8 Å². The van der Waals surface area contributed by atoms with Crippen LogP contribution in [0.4, 0.5) is 0 Å². The van der Waals surface area contributed by atoms with Crippen molar-refractivity contribution in [2.45, 2.75) is 32.9 Å². The third kappa shape index (κ3) is 5.19. The molecule has 0 saturated carbocycles. The number of halogens is 1. The Labute approximate surface area is 139 Å². The first-order valence-electron chi connectivity index (χ1n) is 7.30. The standard InChI is InChI=1S/C18H20BrNO2/c1-13(2)22-16-8-5-6-14(10-16)12-20-18(21)11-15-7-3-4-9-17(15)19/h3-10,13H,11-12H2,1-2H3,(H,20,21). The lowest BCUT2D eigenvalue weighted by molar-refractivity contribution is -0.120. The van der Waals surface area contributed by atoms with Gasteiger partial charge < -0.3 is 10.1 Å². The third-order valence-corrected chi connectivity index (χ3v) is 3.84. The first-order valence-corrected chi connectivity index (χ1v) is 8.09. The Morgan fingerprint density at radius 1 is 1.18 bits per heavy atom. The lowest BCUT2D eigenvalue weighted by atomic mass is 10.1. The Morgan fingerprint density at radius 2 is 1.95 bits per heavy atom. The lowest BCUT2D eigenvalue weighted by Crippen LogP contribution is -2.24. The summed E-state index contributed by atoms with van der Waals surface area (Å²) in [4.78, 5) is 12.0. The summed E-state index contributed by atoms with van der Waals surface area (Å²) < 4.78 is 6.61. The first-order chi connectivity index (χ1) is 10.5. The highest BCUT2D eigenvalue weighted by atomic mass is 79.9. The van der Waals surface area contributed by atoms with Gasteiger partial charge >= 0.3 is 0 Å². The number of benzene rings is 2. The average Bonchev–Trinajstić information content (AvgIpc) is 2.47. The Bertz CT molecular complexity index is 640. The van der Waals surface area contributed by atoms with E-state index in [-0.39, 0.29) is 12.0 Å². The maximum absolute atomic E-state index is 12.0. The molecule has 2 aromatic rings. The molecule has 0 heterocycles. The highest BCUT2D eigenvalue weighted by molar-refractivity contribution is 9.10. The van der Waals surface area contributed by atoms with Crippen LogP contribution in [0.15, 0.2) is 53.0 Å². The maximum Gasteiger partial charge on any atom is 0.224 e. The predicted molar refractivity (Wildman–Crippen MR) is 91.9 cm³/mol. The zero-order chi connectivity index (χ0) is 15.9. The van der Waals surface area contributed by atoms with Gasteiger partial charge in [-0.05, 0) is 43.2 Å². The van der Waals surface area contributed by atoms with E-state index in [9.17, 15) is 4.79 Å². The molecule has 0 saturated heterocycles. The van der Waals surface area contributed by atoms with E-state index in [1.54, 1.807) is 0 Å². The highest BCUT2D eigenvalue weighted by Crippen LogP contribution is 2.17. The zero-order valence-electron chi connectivity index (χ0n) is 12.8. The van der Waals surface area contributed by atoms with Gasteiger partial charge in [0.25, 0.3) is 0 Å². The van der Waals surface area contributed by atoms with Gasteiger partial charge in [0.1, 0.15) is 5.75 Å². The number of ether oxygens (including phenoxy) is 1. The fourth-order valence-electron chi connectivity index (χ4n) is 2.08. The second-order valence-electron chi connectivity index (χ2n) is 5.36. The minimum atomic E-state index is 0.00193. The van der Waals surface area contributed by atoms with E-state index in [1.807, 2.05) is 62.4 Å². The molecule has 3 nitrogen and oxygen atoms in total. The summed E-state index contributed by atoms with van der Waals surface area (Å²) >= 11 is 3.46. The number of carbonyl (C=O) groups is 1. The number of nitrogens with one attached hydrogen (secondary N) is 1. The van der Waals surface area contributed by atoms with Crippen molar-refractivity contribution in [3.8, 4) is 5.75 Å². The second kappa shape index (κ2) is 7.99. The van der Waals surface area contributed by atoms with Crippen LogP contribution in [-0.4, -0.2) is 12.0 Å². The van der Waals surface area contributed by atoms with Crippen LogP contribution in [0.3, 0.4) is 0 Å². The van der Waals surface area contributed by atoms with E-state index >= 15 is 0 Å². The van der Waals surface area contributed by atoms with Crippen molar-refractivity contribution < 1.29 is 9.53 Å². The summed E-state index contributed by atoms with van der Waals surface area (Å²) in [5, 5.41) is 2.94. The fraction of sp³-hybridized carbons (Fsp3) is 0.278. The molecule has 4 heteroatoms. The van der Waals surface area contributed by atoms with Crippen molar-refractivity contribution >= 4 is 21.8 Å². The Balaban J connectivity index is 1.90. The largest absolute Gasteiger partial charge is 0.491 e. The topological polar surface area (TPSA) is 38.3 Å². The van der Waals surface area contributed by atoms with Crippen LogP contribution in [0.2, 0.25) is 0 Å². The van der Waals surface area contributed by atoms with Gasteiger partial charge in [0.15, 0.2) is 0 Å². The second-order valence-corrected chi connectivity index (χ2v) is 6.21. The molecule has 0 unspecified atom stereocenters. The molecule has 116 valence electrons. The van der Waals surface area contributed by atoms with Crippen LogP contribution in [0.5, 0.6) is 5.75 Å². The van der Waals surface area contributed by atoms with Crippen LogP contribution >= 0.6 is 15.9 Å². The lowest BCUT2D eigenvalue weighted by Gasteiger charge is -2.11. The molecule has 0 aromatic heterocycles. The average molecular weight is 362 g/mol. The van der Waals surface area contributed by atoms with Crippen molar-refractivity contribution in [2.75, 3.05) is 0 Å². The summed E-state index contributed by atoms with van der Waals surface area (Å²) in [5.74, 6) is 0.828.